The molecule has 0 fully saturated rings. The second kappa shape index (κ2) is 7.63. The van der Waals surface area contributed by atoms with Crippen molar-refractivity contribution in [2.75, 3.05) is 0 Å². The van der Waals surface area contributed by atoms with E-state index in [1.54, 1.807) is 0 Å². The van der Waals surface area contributed by atoms with Gasteiger partial charge in [-0.2, -0.15) is 57.1 Å². The second-order valence-corrected chi connectivity index (χ2v) is 6.60. The number of nitrogens with zero attached hydrogens (tertiary/aromatic N) is 2. The normalized spacial score (nSPS) is 14.6. The third kappa shape index (κ3) is 3.73. The molecule has 1 heterocycles. The van der Waals surface area contributed by atoms with Crippen molar-refractivity contribution in [2.45, 2.75) is 35.8 Å². The molecule has 0 bridgehead atoms. The smallest absolute Gasteiger partial charge is 0.236 e. The number of alkyl halides is 13. The third-order valence-corrected chi connectivity index (χ3v) is 4.31. The molecule has 2 rings (SSSR count). The van der Waals surface area contributed by atoms with E-state index in [0.717, 1.165) is 12.1 Å². The number of aromatic nitrogens is 2. The van der Waals surface area contributed by atoms with Crippen molar-refractivity contribution in [1.29, 1.82) is 0 Å². The molecule has 0 atom stereocenters. The fraction of sp³-hybridized carbons (Fsp3) is 0.375. The minimum atomic E-state index is -7.97. The Labute approximate surface area is 174 Å². The van der Waals surface area contributed by atoms with E-state index >= 15 is 0 Å². The van der Waals surface area contributed by atoms with E-state index in [1.165, 1.54) is 12.1 Å². The van der Waals surface area contributed by atoms with Gasteiger partial charge in [-0.3, -0.25) is 0 Å². The van der Waals surface area contributed by atoms with Gasteiger partial charge in [0, 0.05) is 10.6 Å². The van der Waals surface area contributed by atoms with Gasteiger partial charge in [-0.1, -0.05) is 23.7 Å². The first-order valence-corrected chi connectivity index (χ1v) is 8.14. The van der Waals surface area contributed by atoms with E-state index in [9.17, 15) is 57.1 Å². The molecule has 0 saturated carbocycles. The molecule has 0 N–H and O–H groups in total. The summed E-state index contributed by atoms with van der Waals surface area (Å²) in [7, 11) is 0. The number of benzene rings is 1. The number of rotatable bonds is 6. The Morgan fingerprint density at radius 3 is 1.53 bits per heavy atom. The van der Waals surface area contributed by atoms with Gasteiger partial charge in [0.25, 0.3) is 0 Å². The number of halogens is 14. The molecule has 1 aromatic heterocycles. The first-order chi connectivity index (χ1) is 14.2. The van der Waals surface area contributed by atoms with E-state index < -0.39 is 47.2 Å². The maximum absolute atomic E-state index is 14.2. The van der Waals surface area contributed by atoms with Crippen molar-refractivity contribution in [3.63, 3.8) is 0 Å². The van der Waals surface area contributed by atoms with E-state index in [4.69, 9.17) is 11.6 Å². The Morgan fingerprint density at radius 1 is 0.594 bits per heavy atom. The molecule has 0 spiro atoms. The fourth-order valence-corrected chi connectivity index (χ4v) is 2.36. The minimum Gasteiger partial charge on any atom is -0.236 e. The molecule has 0 aliphatic carbocycles. The molecule has 178 valence electrons. The van der Waals surface area contributed by atoms with Gasteiger partial charge in [0.2, 0.25) is 0 Å². The second-order valence-electron chi connectivity index (χ2n) is 6.17. The van der Waals surface area contributed by atoms with Crippen molar-refractivity contribution in [3.8, 4) is 11.3 Å². The highest BCUT2D eigenvalue weighted by atomic mass is 35.5. The van der Waals surface area contributed by atoms with Crippen molar-refractivity contribution >= 4 is 11.6 Å². The van der Waals surface area contributed by atoms with Crippen LogP contribution in [0.2, 0.25) is 5.02 Å². The molecule has 2 nitrogen and oxygen atoms in total. The summed E-state index contributed by atoms with van der Waals surface area (Å²) < 4.78 is 172. The van der Waals surface area contributed by atoms with Crippen LogP contribution in [0, 0.1) is 0 Å². The van der Waals surface area contributed by atoms with E-state index in [0.29, 0.717) is 0 Å². The summed E-state index contributed by atoms with van der Waals surface area (Å²) >= 11 is 5.58. The molecule has 2 aromatic rings. The maximum atomic E-state index is 14.2. The predicted molar refractivity (Wildman–Crippen MR) is 82.2 cm³/mol. The lowest BCUT2D eigenvalue weighted by molar-refractivity contribution is -0.442. The average Bonchev–Trinajstić information content (AvgIpc) is 2.67. The van der Waals surface area contributed by atoms with Crippen LogP contribution in [-0.2, 0) is 5.92 Å². The third-order valence-electron chi connectivity index (χ3n) is 4.06. The van der Waals surface area contributed by atoms with Crippen LogP contribution in [0.5, 0.6) is 0 Å². The quantitative estimate of drug-likeness (QED) is 0.393. The first-order valence-electron chi connectivity index (χ1n) is 7.76. The fourth-order valence-electron chi connectivity index (χ4n) is 2.24. The van der Waals surface area contributed by atoms with Crippen molar-refractivity contribution in [3.05, 3.63) is 47.4 Å². The summed E-state index contributed by atoms with van der Waals surface area (Å²) in [6.07, 6.45) is -7.34. The molecule has 0 saturated heterocycles. The monoisotopic (exact) mass is 508 g/mol. The SMILES string of the molecule is FC(F)(F)C(F)(F)C(F)(F)C(F)(F)C(F)(F)C(F)(F)c1cc(-c2ccc(Cl)cc2)ncn1. The summed E-state index contributed by atoms with van der Waals surface area (Å²) in [6, 6.07) is 4.46. The minimum absolute atomic E-state index is 0.0622. The topological polar surface area (TPSA) is 25.8 Å². The van der Waals surface area contributed by atoms with Crippen LogP contribution in [-0.4, -0.2) is 39.8 Å². The number of hydrogen-bond acceptors (Lipinski definition) is 2. The van der Waals surface area contributed by atoms with Crippen LogP contribution in [0.1, 0.15) is 5.69 Å². The Kier molecular flexibility index (Phi) is 6.18. The largest absolute Gasteiger partial charge is 0.460 e. The molecule has 0 aliphatic rings. The van der Waals surface area contributed by atoms with Crippen LogP contribution < -0.4 is 0 Å². The van der Waals surface area contributed by atoms with Gasteiger partial charge in [-0.05, 0) is 18.2 Å². The molecular formula is C16H6ClF13N2. The molecule has 32 heavy (non-hydrogen) atoms. The zero-order valence-electron chi connectivity index (χ0n) is 14.7. The predicted octanol–water partition coefficient (Wildman–Crippen LogP) is 6.99. The van der Waals surface area contributed by atoms with Gasteiger partial charge in [0.1, 0.15) is 12.0 Å². The number of hydrogen-bond donors (Lipinski definition) is 0. The average molecular weight is 509 g/mol. The van der Waals surface area contributed by atoms with Crippen LogP contribution in [0.3, 0.4) is 0 Å². The van der Waals surface area contributed by atoms with Crippen molar-refractivity contribution in [2.24, 2.45) is 0 Å². The summed E-state index contributed by atoms with van der Waals surface area (Å²) in [5, 5.41) is 0.118. The zero-order valence-corrected chi connectivity index (χ0v) is 15.4. The molecular weight excluding hydrogens is 503 g/mol. The van der Waals surface area contributed by atoms with Gasteiger partial charge < -0.3 is 0 Å². The standard InChI is InChI=1S/C16H6ClF13N2/c17-8-3-1-7(2-4-8)9-5-10(32-6-31-9)11(18,19)12(20,21)13(22,23)14(24,25)15(26,27)16(28,29)30/h1-6H. The summed E-state index contributed by atoms with van der Waals surface area (Å²) in [6.45, 7) is 0. The van der Waals surface area contributed by atoms with Crippen molar-refractivity contribution in [1.82, 2.24) is 9.97 Å². The highest BCUT2D eigenvalue weighted by Crippen LogP contribution is 2.61. The van der Waals surface area contributed by atoms with Gasteiger partial charge in [-0.15, -0.1) is 0 Å². The Bertz CT molecular complexity index is 971. The molecule has 0 aliphatic heterocycles. The zero-order chi connectivity index (χ0) is 25.0. The molecule has 1 aromatic carbocycles. The summed E-state index contributed by atoms with van der Waals surface area (Å²) in [4.78, 5) is 5.95. The van der Waals surface area contributed by atoms with E-state index in [2.05, 4.69) is 9.97 Å². The van der Waals surface area contributed by atoms with Gasteiger partial charge in [0.15, 0.2) is 0 Å². The molecule has 16 heteroatoms. The molecule has 0 radical (unpaired) electrons. The van der Waals surface area contributed by atoms with Gasteiger partial charge in [-0.25, -0.2) is 9.97 Å². The van der Waals surface area contributed by atoms with Gasteiger partial charge in [0.05, 0.1) is 5.69 Å². The van der Waals surface area contributed by atoms with E-state index in [1.807, 2.05) is 0 Å². The highest BCUT2D eigenvalue weighted by molar-refractivity contribution is 6.30. The summed E-state index contributed by atoms with van der Waals surface area (Å²) in [5.74, 6) is -37.6. The Balaban J connectivity index is 2.59. The maximum Gasteiger partial charge on any atom is 0.460 e. The van der Waals surface area contributed by atoms with Crippen LogP contribution in [0.15, 0.2) is 36.7 Å². The first kappa shape index (κ1) is 25.9. The Hall–Kier alpha value is -2.32. The lowest BCUT2D eigenvalue weighted by Crippen LogP contribution is -2.69. The molecule has 0 amide bonds. The van der Waals surface area contributed by atoms with Crippen LogP contribution >= 0.6 is 11.6 Å². The lowest BCUT2D eigenvalue weighted by atomic mass is 9.92. The summed E-state index contributed by atoms with van der Waals surface area (Å²) in [5.41, 5.74) is -3.12. The van der Waals surface area contributed by atoms with E-state index in [-0.39, 0.29) is 23.0 Å². The van der Waals surface area contributed by atoms with Gasteiger partial charge >= 0.3 is 35.8 Å². The highest BCUT2D eigenvalue weighted by Gasteiger charge is 2.91. The lowest BCUT2D eigenvalue weighted by Gasteiger charge is -2.39. The van der Waals surface area contributed by atoms with Crippen molar-refractivity contribution < 1.29 is 57.1 Å². The molecule has 0 unspecified atom stereocenters. The van der Waals surface area contributed by atoms with Crippen LogP contribution in [0.4, 0.5) is 57.1 Å². The Morgan fingerprint density at radius 2 is 1.06 bits per heavy atom. The van der Waals surface area contributed by atoms with Crippen LogP contribution in [0.25, 0.3) is 11.3 Å².